The standard InChI is InChI=1S/C16H19NO5S2/c1-3-20-15(18)11-8-24-14(17(11)16(19)23-4-2)10-5-6-12-13(7-10)22-9-21-12/h5-7,11,14H,3-4,8-9H2,1-2H3. The van der Waals surface area contributed by atoms with Gasteiger partial charge in [-0.05, 0) is 30.4 Å². The van der Waals surface area contributed by atoms with Crippen LogP contribution in [0.3, 0.4) is 0 Å². The lowest BCUT2D eigenvalue weighted by atomic mass is 10.1. The summed E-state index contributed by atoms with van der Waals surface area (Å²) in [5.41, 5.74) is 0.918. The van der Waals surface area contributed by atoms with E-state index in [-0.39, 0.29) is 23.4 Å². The molecule has 1 aromatic rings. The van der Waals surface area contributed by atoms with Crippen LogP contribution >= 0.6 is 23.5 Å². The summed E-state index contributed by atoms with van der Waals surface area (Å²) in [5, 5.41) is -0.344. The minimum absolute atomic E-state index is 0.108. The molecule has 1 saturated heterocycles. The number of hydrogen-bond acceptors (Lipinski definition) is 7. The number of amides is 1. The molecule has 24 heavy (non-hydrogen) atoms. The van der Waals surface area contributed by atoms with Gasteiger partial charge in [0.2, 0.25) is 6.79 Å². The fourth-order valence-corrected chi connectivity index (χ4v) is 4.77. The van der Waals surface area contributed by atoms with Crippen molar-refractivity contribution in [1.82, 2.24) is 4.90 Å². The van der Waals surface area contributed by atoms with Crippen molar-refractivity contribution in [3.8, 4) is 11.5 Å². The molecule has 2 heterocycles. The van der Waals surface area contributed by atoms with E-state index < -0.39 is 6.04 Å². The Balaban J connectivity index is 1.88. The summed E-state index contributed by atoms with van der Waals surface area (Å²) in [5.74, 6) is 2.20. The minimum atomic E-state index is -0.558. The summed E-state index contributed by atoms with van der Waals surface area (Å²) in [6, 6.07) is 5.07. The zero-order chi connectivity index (χ0) is 17.1. The quantitative estimate of drug-likeness (QED) is 0.755. The molecule has 0 aromatic heterocycles. The molecule has 0 radical (unpaired) electrons. The summed E-state index contributed by atoms with van der Waals surface area (Å²) in [4.78, 5) is 26.5. The van der Waals surface area contributed by atoms with E-state index in [4.69, 9.17) is 14.2 Å². The lowest BCUT2D eigenvalue weighted by Crippen LogP contribution is -2.42. The molecule has 6 nitrogen and oxygen atoms in total. The van der Waals surface area contributed by atoms with Gasteiger partial charge in [0.25, 0.3) is 5.24 Å². The first kappa shape index (κ1) is 17.3. The van der Waals surface area contributed by atoms with E-state index in [1.54, 1.807) is 23.6 Å². The predicted octanol–water partition coefficient (Wildman–Crippen LogP) is 3.27. The van der Waals surface area contributed by atoms with Crippen molar-refractivity contribution in [1.29, 1.82) is 0 Å². The Morgan fingerprint density at radius 2 is 2.12 bits per heavy atom. The molecule has 1 amide bonds. The molecule has 1 aromatic carbocycles. The number of fused-ring (bicyclic) bond motifs is 1. The topological polar surface area (TPSA) is 65.1 Å². The first-order chi connectivity index (χ1) is 11.7. The lowest BCUT2D eigenvalue weighted by molar-refractivity contribution is -0.147. The van der Waals surface area contributed by atoms with Gasteiger partial charge in [-0.25, -0.2) is 4.79 Å². The highest BCUT2D eigenvalue weighted by Gasteiger charge is 2.43. The molecule has 0 spiro atoms. The molecule has 2 unspecified atom stereocenters. The van der Waals surface area contributed by atoms with Crippen molar-refractivity contribution in [3.63, 3.8) is 0 Å². The number of hydrogen-bond donors (Lipinski definition) is 0. The first-order valence-corrected chi connectivity index (χ1v) is 9.82. The zero-order valence-electron chi connectivity index (χ0n) is 13.5. The Bertz CT molecular complexity index is 639. The van der Waals surface area contributed by atoms with E-state index in [0.717, 1.165) is 5.56 Å². The summed E-state index contributed by atoms with van der Waals surface area (Å²) in [6.07, 6.45) is 0. The summed E-state index contributed by atoms with van der Waals surface area (Å²) in [7, 11) is 0. The van der Waals surface area contributed by atoms with Crippen molar-refractivity contribution in [2.75, 3.05) is 24.9 Å². The number of esters is 1. The molecule has 3 rings (SSSR count). The number of nitrogens with zero attached hydrogens (tertiary/aromatic N) is 1. The van der Waals surface area contributed by atoms with Gasteiger partial charge in [-0.3, -0.25) is 4.79 Å². The zero-order valence-corrected chi connectivity index (χ0v) is 15.2. The second-order valence-corrected chi connectivity index (χ2v) is 7.50. The van der Waals surface area contributed by atoms with E-state index in [9.17, 15) is 9.59 Å². The maximum absolute atomic E-state index is 12.6. The normalized spacial score (nSPS) is 21.8. The molecule has 2 aliphatic rings. The molecule has 0 bridgehead atoms. The smallest absolute Gasteiger partial charge is 0.329 e. The van der Waals surface area contributed by atoms with Gasteiger partial charge in [0.1, 0.15) is 11.4 Å². The fourth-order valence-electron chi connectivity index (χ4n) is 2.67. The molecule has 130 valence electrons. The second-order valence-electron chi connectivity index (χ2n) is 5.17. The van der Waals surface area contributed by atoms with E-state index >= 15 is 0 Å². The Morgan fingerprint density at radius 1 is 1.33 bits per heavy atom. The van der Waals surface area contributed by atoms with Gasteiger partial charge in [0.05, 0.1) is 6.61 Å². The minimum Gasteiger partial charge on any atom is -0.464 e. The number of carbonyl (C=O) groups excluding carboxylic acids is 2. The largest absolute Gasteiger partial charge is 0.464 e. The third-order valence-electron chi connectivity index (χ3n) is 3.72. The number of benzene rings is 1. The van der Waals surface area contributed by atoms with E-state index in [1.165, 1.54) is 11.8 Å². The van der Waals surface area contributed by atoms with E-state index in [2.05, 4.69) is 0 Å². The molecule has 0 N–H and O–H groups in total. The molecular weight excluding hydrogens is 350 g/mol. The van der Waals surface area contributed by atoms with Crippen LogP contribution in [0, 0.1) is 0 Å². The average Bonchev–Trinajstić information content (AvgIpc) is 3.21. The molecule has 2 atom stereocenters. The van der Waals surface area contributed by atoms with Crippen LogP contribution in [0.25, 0.3) is 0 Å². The van der Waals surface area contributed by atoms with Gasteiger partial charge in [-0.1, -0.05) is 24.8 Å². The average molecular weight is 369 g/mol. The molecule has 0 saturated carbocycles. The Labute approximate surface area is 149 Å². The Hall–Kier alpha value is -1.54. The van der Waals surface area contributed by atoms with Crippen LogP contribution in [-0.2, 0) is 9.53 Å². The maximum atomic E-state index is 12.6. The highest BCUT2D eigenvalue weighted by atomic mass is 32.2. The van der Waals surface area contributed by atoms with Crippen LogP contribution in [0.5, 0.6) is 11.5 Å². The van der Waals surface area contributed by atoms with Crippen LogP contribution in [0.4, 0.5) is 4.79 Å². The van der Waals surface area contributed by atoms with Gasteiger partial charge < -0.3 is 19.1 Å². The number of thioether (sulfide) groups is 2. The predicted molar refractivity (Wildman–Crippen MR) is 93.6 cm³/mol. The summed E-state index contributed by atoms with van der Waals surface area (Å²) in [6.45, 7) is 4.19. The number of rotatable bonds is 4. The fraction of sp³-hybridized carbons (Fsp3) is 0.500. The maximum Gasteiger partial charge on any atom is 0.329 e. The first-order valence-electron chi connectivity index (χ1n) is 7.78. The van der Waals surface area contributed by atoms with Gasteiger partial charge >= 0.3 is 5.97 Å². The van der Waals surface area contributed by atoms with Gasteiger partial charge in [0.15, 0.2) is 11.5 Å². The van der Waals surface area contributed by atoms with Gasteiger partial charge in [-0.15, -0.1) is 11.8 Å². The van der Waals surface area contributed by atoms with Crippen molar-refractivity contribution in [2.45, 2.75) is 25.3 Å². The molecule has 8 heteroatoms. The number of ether oxygens (including phenoxy) is 3. The second kappa shape index (κ2) is 7.57. The molecule has 0 aliphatic carbocycles. The molecule has 2 aliphatic heterocycles. The van der Waals surface area contributed by atoms with Crippen LogP contribution in [-0.4, -0.2) is 47.1 Å². The van der Waals surface area contributed by atoms with Crippen LogP contribution in [0.15, 0.2) is 18.2 Å². The van der Waals surface area contributed by atoms with Gasteiger partial charge in [-0.2, -0.15) is 0 Å². The number of carbonyl (C=O) groups is 2. The highest BCUT2D eigenvalue weighted by Crippen LogP contribution is 2.45. The summed E-state index contributed by atoms with van der Waals surface area (Å²) >= 11 is 2.76. The molecule has 1 fully saturated rings. The highest BCUT2D eigenvalue weighted by molar-refractivity contribution is 8.13. The van der Waals surface area contributed by atoms with Crippen LogP contribution in [0.1, 0.15) is 24.8 Å². The summed E-state index contributed by atoms with van der Waals surface area (Å²) < 4.78 is 15.9. The molecular formula is C16H19NO5S2. The van der Waals surface area contributed by atoms with Crippen molar-refractivity contribution >= 4 is 34.7 Å². The van der Waals surface area contributed by atoms with E-state index in [0.29, 0.717) is 29.6 Å². The van der Waals surface area contributed by atoms with Crippen molar-refractivity contribution in [3.05, 3.63) is 23.8 Å². The monoisotopic (exact) mass is 369 g/mol. The van der Waals surface area contributed by atoms with Gasteiger partial charge in [0, 0.05) is 5.75 Å². The SMILES string of the molecule is CCOC(=O)C1CSC(c2ccc3c(c2)OCO3)N1C(=O)SCC. The van der Waals surface area contributed by atoms with Crippen LogP contribution in [0.2, 0.25) is 0 Å². The Kier molecular flexibility index (Phi) is 5.45. The third-order valence-corrected chi connectivity index (χ3v) is 5.79. The van der Waals surface area contributed by atoms with Crippen molar-refractivity contribution < 1.29 is 23.8 Å². The third kappa shape index (κ3) is 3.30. The Morgan fingerprint density at radius 3 is 2.88 bits per heavy atom. The van der Waals surface area contributed by atoms with E-state index in [1.807, 2.05) is 25.1 Å². The van der Waals surface area contributed by atoms with Crippen molar-refractivity contribution in [2.24, 2.45) is 0 Å². The van der Waals surface area contributed by atoms with Crippen LogP contribution < -0.4 is 9.47 Å². The lowest BCUT2D eigenvalue weighted by Gasteiger charge is -2.28.